The van der Waals surface area contributed by atoms with Gasteiger partial charge in [-0.25, -0.2) is 0 Å². The van der Waals surface area contributed by atoms with Gasteiger partial charge >= 0.3 is 5.97 Å². The van der Waals surface area contributed by atoms with Gasteiger partial charge < -0.3 is 25.2 Å². The zero-order valence-electron chi connectivity index (χ0n) is 17.1. The van der Waals surface area contributed by atoms with Crippen LogP contribution in [-0.2, 0) is 15.1 Å². The number of phenols is 1. The first kappa shape index (κ1) is 20.5. The summed E-state index contributed by atoms with van der Waals surface area (Å²) in [6, 6.07) is 12.1. The minimum Gasteiger partial charge on any atom is -0.508 e. The van der Waals surface area contributed by atoms with Crippen LogP contribution in [0.1, 0.15) is 25.8 Å². The molecular weight excluding hydrogens is 403 g/mol. The number of esters is 1. The number of hydrogen-bond donors (Lipinski definition) is 3. The maximum absolute atomic E-state index is 13.5. The molecule has 9 heteroatoms. The predicted octanol–water partition coefficient (Wildman–Crippen LogP) is 3.56. The second-order valence-electron chi connectivity index (χ2n) is 7.39. The molecule has 3 N–H and O–H groups in total. The van der Waals surface area contributed by atoms with Crippen LogP contribution in [0.4, 0.5) is 15.9 Å². The van der Waals surface area contributed by atoms with Gasteiger partial charge in [0, 0.05) is 23.5 Å². The second kappa shape index (κ2) is 8.17. The highest BCUT2D eigenvalue weighted by atomic mass is 19.2. The topological polar surface area (TPSA) is 95.4 Å². The molecule has 2 unspecified atom stereocenters. The summed E-state index contributed by atoms with van der Waals surface area (Å²) >= 11 is 0. The van der Waals surface area contributed by atoms with Crippen molar-refractivity contribution in [2.24, 2.45) is 5.21 Å². The van der Waals surface area contributed by atoms with E-state index in [0.717, 1.165) is 5.56 Å². The summed E-state index contributed by atoms with van der Waals surface area (Å²) in [4.78, 5) is 13.6. The average molecular weight is 426 g/mol. The van der Waals surface area contributed by atoms with E-state index in [9.17, 15) is 14.4 Å². The van der Waals surface area contributed by atoms with Crippen molar-refractivity contribution in [1.29, 1.82) is 0 Å². The van der Waals surface area contributed by atoms with Crippen molar-refractivity contribution < 1.29 is 23.9 Å². The number of nitrogens with one attached hydrogen (secondary N) is 2. The van der Waals surface area contributed by atoms with Crippen LogP contribution in [0.5, 0.6) is 11.5 Å². The van der Waals surface area contributed by atoms with Gasteiger partial charge in [-0.05, 0) is 43.3 Å². The molecule has 0 saturated heterocycles. The monoisotopic (exact) mass is 426 g/mol. The first-order valence-electron chi connectivity index (χ1n) is 9.90. The SMILES string of the molecule is CCOC(=O)CC1(C)Oc2c(N3C(=NF)NC=CC3Nc3cccc(O)c3)cccc21. The summed E-state index contributed by atoms with van der Waals surface area (Å²) in [5, 5.41) is 18.7. The molecule has 2 aromatic rings. The van der Waals surface area contributed by atoms with Crippen molar-refractivity contribution >= 4 is 23.3 Å². The number of carbonyl (C=O) groups is 1. The lowest BCUT2D eigenvalue weighted by Crippen LogP contribution is -2.53. The Labute approximate surface area is 178 Å². The number of ether oxygens (including phenoxy) is 2. The summed E-state index contributed by atoms with van der Waals surface area (Å²) in [5.41, 5.74) is 1.21. The number of hydrogen-bond acceptors (Lipinski definition) is 6. The predicted molar refractivity (Wildman–Crippen MR) is 114 cm³/mol. The Bertz CT molecular complexity index is 1060. The summed E-state index contributed by atoms with van der Waals surface area (Å²) in [7, 11) is 0. The molecule has 2 atom stereocenters. The fourth-order valence-electron chi connectivity index (χ4n) is 3.80. The molecule has 31 heavy (non-hydrogen) atoms. The maximum atomic E-state index is 13.5. The van der Waals surface area contributed by atoms with Crippen molar-refractivity contribution in [1.82, 2.24) is 5.32 Å². The van der Waals surface area contributed by atoms with Crippen molar-refractivity contribution in [3.63, 3.8) is 0 Å². The van der Waals surface area contributed by atoms with Crippen molar-refractivity contribution in [2.45, 2.75) is 32.0 Å². The van der Waals surface area contributed by atoms with Gasteiger partial charge in [-0.15, -0.1) is 0 Å². The molecule has 0 fully saturated rings. The van der Waals surface area contributed by atoms with Gasteiger partial charge in [0.1, 0.15) is 17.5 Å². The highest BCUT2D eigenvalue weighted by molar-refractivity contribution is 6.00. The van der Waals surface area contributed by atoms with E-state index < -0.39 is 11.8 Å². The average Bonchev–Trinajstić information content (AvgIpc) is 2.73. The molecule has 8 nitrogen and oxygen atoms in total. The molecule has 0 amide bonds. The third kappa shape index (κ3) is 3.86. The molecule has 2 aromatic carbocycles. The normalized spacial score (nSPS) is 22.7. The van der Waals surface area contributed by atoms with E-state index in [4.69, 9.17) is 9.47 Å². The van der Waals surface area contributed by atoms with Crippen LogP contribution in [-0.4, -0.2) is 29.8 Å². The van der Waals surface area contributed by atoms with E-state index in [2.05, 4.69) is 15.8 Å². The minimum atomic E-state index is -0.822. The minimum absolute atomic E-state index is 0.0313. The van der Waals surface area contributed by atoms with E-state index in [1.807, 2.05) is 19.1 Å². The van der Waals surface area contributed by atoms with E-state index in [0.29, 0.717) is 23.7 Å². The van der Waals surface area contributed by atoms with Crippen LogP contribution >= 0.6 is 0 Å². The van der Waals surface area contributed by atoms with Gasteiger partial charge in [-0.1, -0.05) is 22.7 Å². The van der Waals surface area contributed by atoms with Gasteiger partial charge in [-0.2, -0.15) is 0 Å². The van der Waals surface area contributed by atoms with Crippen LogP contribution in [0.25, 0.3) is 0 Å². The summed E-state index contributed by atoms with van der Waals surface area (Å²) < 4.78 is 24.6. The molecule has 2 heterocycles. The quantitative estimate of drug-likeness (QED) is 0.608. The van der Waals surface area contributed by atoms with Crippen molar-refractivity contribution in [3.05, 3.63) is 60.3 Å². The Morgan fingerprint density at radius 3 is 2.94 bits per heavy atom. The van der Waals surface area contributed by atoms with Crippen molar-refractivity contribution in [2.75, 3.05) is 16.8 Å². The van der Waals surface area contributed by atoms with Crippen LogP contribution in [0.15, 0.2) is 60.0 Å². The first-order chi connectivity index (χ1) is 14.9. The molecule has 2 aliphatic heterocycles. The highest BCUT2D eigenvalue weighted by Crippen LogP contribution is 2.52. The molecular formula is C22H23FN4O4. The zero-order valence-corrected chi connectivity index (χ0v) is 17.1. The Balaban J connectivity index is 1.67. The van der Waals surface area contributed by atoms with Crippen LogP contribution in [0.3, 0.4) is 0 Å². The fraction of sp³-hybridized carbons (Fsp3) is 0.273. The molecule has 0 bridgehead atoms. The highest BCUT2D eigenvalue weighted by Gasteiger charge is 2.46. The van der Waals surface area contributed by atoms with Crippen LogP contribution in [0.2, 0.25) is 0 Å². The largest absolute Gasteiger partial charge is 0.508 e. The molecule has 0 aromatic heterocycles. The molecule has 2 aliphatic rings. The third-order valence-corrected chi connectivity index (χ3v) is 5.18. The van der Waals surface area contributed by atoms with Gasteiger partial charge in [0.05, 0.1) is 18.7 Å². The number of nitrogens with zero attached hydrogens (tertiary/aromatic N) is 2. The lowest BCUT2D eigenvalue weighted by Gasteiger charge is -2.45. The molecule has 0 saturated carbocycles. The van der Waals surface area contributed by atoms with Gasteiger partial charge in [0.15, 0.2) is 5.75 Å². The number of anilines is 2. The Morgan fingerprint density at radius 2 is 2.19 bits per heavy atom. The summed E-state index contributed by atoms with van der Waals surface area (Å²) in [5.74, 6) is 0.264. The van der Waals surface area contributed by atoms with Crippen LogP contribution in [0, 0.1) is 0 Å². The number of aromatic hydroxyl groups is 1. The Hall–Kier alpha value is -3.75. The summed E-state index contributed by atoms with van der Waals surface area (Å²) in [6.07, 6.45) is 2.92. The zero-order chi connectivity index (χ0) is 22.0. The van der Waals surface area contributed by atoms with Gasteiger partial charge in [-0.3, -0.25) is 9.69 Å². The number of carbonyl (C=O) groups excluding carboxylic acids is 1. The number of phenolic OH excluding ortho intramolecular Hbond substituents is 1. The summed E-state index contributed by atoms with van der Waals surface area (Å²) in [6.45, 7) is 3.87. The Morgan fingerprint density at radius 1 is 1.39 bits per heavy atom. The number of halogens is 1. The third-order valence-electron chi connectivity index (χ3n) is 5.18. The lowest BCUT2D eigenvalue weighted by molar-refractivity contribution is -0.149. The second-order valence-corrected chi connectivity index (χ2v) is 7.39. The van der Waals surface area contributed by atoms with E-state index >= 15 is 0 Å². The van der Waals surface area contributed by atoms with Crippen molar-refractivity contribution in [3.8, 4) is 11.5 Å². The van der Waals surface area contributed by atoms with E-state index in [1.165, 1.54) is 0 Å². The molecule has 0 spiro atoms. The molecule has 4 rings (SSSR count). The smallest absolute Gasteiger partial charge is 0.310 e. The number of para-hydroxylation sites is 1. The number of fused-ring (bicyclic) bond motifs is 1. The number of rotatable bonds is 6. The fourth-order valence-corrected chi connectivity index (χ4v) is 3.80. The van der Waals surface area contributed by atoms with E-state index in [-0.39, 0.29) is 24.1 Å². The van der Waals surface area contributed by atoms with Gasteiger partial charge in [0.25, 0.3) is 0 Å². The van der Waals surface area contributed by atoms with Gasteiger partial charge in [0.2, 0.25) is 5.96 Å². The first-order valence-corrected chi connectivity index (χ1v) is 9.90. The van der Waals surface area contributed by atoms with Crippen LogP contribution < -0.4 is 20.3 Å². The molecule has 0 aliphatic carbocycles. The number of guanidine groups is 1. The number of benzene rings is 2. The molecule has 162 valence electrons. The van der Waals surface area contributed by atoms with E-state index in [1.54, 1.807) is 54.4 Å². The molecule has 0 radical (unpaired) electrons. The standard InChI is InChI=1S/C22H23FN4O4/c1-3-30-19(29)13-22(2)16-8-5-9-17(20(16)31-22)27-18(10-11-24-21(27)26-23)25-14-6-4-7-15(28)12-14/h4-12,18,25,28H,3,13H2,1-2H3,(H,24,26). The maximum Gasteiger partial charge on any atom is 0.310 e. The lowest BCUT2D eigenvalue weighted by atomic mass is 9.85. The Kier molecular flexibility index (Phi) is 5.41.